The first kappa shape index (κ1) is 13.4. The SMILES string of the molecule is Cc1cc2cc(CNC3CCCC3)c(=O)[nH]c2cc1C. The second-order valence-electron chi connectivity index (χ2n) is 6.01. The molecule has 2 N–H and O–H groups in total. The average Bonchev–Trinajstić information content (AvgIpc) is 2.92. The molecule has 20 heavy (non-hydrogen) atoms. The molecule has 0 saturated heterocycles. The van der Waals surface area contributed by atoms with Crippen LogP contribution in [0, 0.1) is 13.8 Å². The third-order valence-corrected chi connectivity index (χ3v) is 4.47. The van der Waals surface area contributed by atoms with Crippen LogP contribution >= 0.6 is 0 Å². The number of nitrogens with one attached hydrogen (secondary N) is 2. The molecule has 1 heterocycles. The van der Waals surface area contributed by atoms with Crippen LogP contribution in [0.4, 0.5) is 0 Å². The van der Waals surface area contributed by atoms with Gasteiger partial charge in [0.05, 0.1) is 0 Å². The van der Waals surface area contributed by atoms with Gasteiger partial charge >= 0.3 is 0 Å². The first-order valence-corrected chi connectivity index (χ1v) is 7.50. The molecule has 1 aliphatic rings. The van der Waals surface area contributed by atoms with E-state index in [0.29, 0.717) is 12.6 Å². The van der Waals surface area contributed by atoms with Gasteiger partial charge in [-0.05, 0) is 61.4 Å². The minimum absolute atomic E-state index is 0.0336. The zero-order valence-electron chi connectivity index (χ0n) is 12.3. The molecule has 0 unspecified atom stereocenters. The molecule has 0 atom stereocenters. The van der Waals surface area contributed by atoms with E-state index in [0.717, 1.165) is 16.5 Å². The zero-order valence-corrected chi connectivity index (χ0v) is 12.3. The van der Waals surface area contributed by atoms with Crippen LogP contribution in [0.15, 0.2) is 23.0 Å². The van der Waals surface area contributed by atoms with Crippen molar-refractivity contribution in [2.45, 2.75) is 52.1 Å². The van der Waals surface area contributed by atoms with Crippen LogP contribution in [0.25, 0.3) is 10.9 Å². The fraction of sp³-hybridized carbons (Fsp3) is 0.471. The van der Waals surface area contributed by atoms with E-state index < -0.39 is 0 Å². The highest BCUT2D eigenvalue weighted by Gasteiger charge is 2.14. The lowest BCUT2D eigenvalue weighted by molar-refractivity contribution is 0.523. The number of aromatic nitrogens is 1. The highest BCUT2D eigenvalue weighted by Crippen LogP contribution is 2.19. The number of aryl methyl sites for hydroxylation is 2. The van der Waals surface area contributed by atoms with E-state index in [-0.39, 0.29) is 5.56 Å². The van der Waals surface area contributed by atoms with E-state index in [9.17, 15) is 4.79 Å². The molecule has 1 saturated carbocycles. The maximum Gasteiger partial charge on any atom is 0.252 e. The van der Waals surface area contributed by atoms with Gasteiger partial charge in [0, 0.05) is 23.7 Å². The molecule has 1 aromatic heterocycles. The van der Waals surface area contributed by atoms with Gasteiger partial charge in [-0.2, -0.15) is 0 Å². The molecule has 0 radical (unpaired) electrons. The first-order valence-electron chi connectivity index (χ1n) is 7.50. The molecular weight excluding hydrogens is 248 g/mol. The summed E-state index contributed by atoms with van der Waals surface area (Å²) in [6.07, 6.45) is 5.10. The summed E-state index contributed by atoms with van der Waals surface area (Å²) in [6, 6.07) is 6.83. The predicted octanol–water partition coefficient (Wildman–Crippen LogP) is 3.18. The Kier molecular flexibility index (Phi) is 3.62. The van der Waals surface area contributed by atoms with E-state index in [1.54, 1.807) is 0 Å². The van der Waals surface area contributed by atoms with Gasteiger partial charge < -0.3 is 10.3 Å². The van der Waals surface area contributed by atoms with Gasteiger partial charge in [-0.3, -0.25) is 4.79 Å². The number of fused-ring (bicyclic) bond motifs is 1. The minimum atomic E-state index is 0.0336. The van der Waals surface area contributed by atoms with Crippen LogP contribution in [0.2, 0.25) is 0 Å². The molecular formula is C17H22N2O. The Labute approximate surface area is 119 Å². The van der Waals surface area contributed by atoms with Crippen LogP contribution < -0.4 is 10.9 Å². The van der Waals surface area contributed by atoms with Crippen molar-refractivity contribution in [1.82, 2.24) is 10.3 Å². The number of hydrogen-bond acceptors (Lipinski definition) is 2. The second kappa shape index (κ2) is 5.41. The van der Waals surface area contributed by atoms with Crippen molar-refractivity contribution in [1.29, 1.82) is 0 Å². The zero-order chi connectivity index (χ0) is 14.1. The Morgan fingerprint density at radius 2 is 1.85 bits per heavy atom. The maximum atomic E-state index is 12.1. The lowest BCUT2D eigenvalue weighted by Crippen LogP contribution is -2.28. The van der Waals surface area contributed by atoms with E-state index in [2.05, 4.69) is 36.3 Å². The summed E-state index contributed by atoms with van der Waals surface area (Å²) >= 11 is 0. The summed E-state index contributed by atoms with van der Waals surface area (Å²) < 4.78 is 0. The number of pyridine rings is 1. The quantitative estimate of drug-likeness (QED) is 0.899. The molecule has 1 aromatic carbocycles. The number of H-pyrrole nitrogens is 1. The van der Waals surface area contributed by atoms with Crippen molar-refractivity contribution in [3.63, 3.8) is 0 Å². The van der Waals surface area contributed by atoms with Crippen LogP contribution in [-0.4, -0.2) is 11.0 Å². The molecule has 3 nitrogen and oxygen atoms in total. The van der Waals surface area contributed by atoms with E-state index >= 15 is 0 Å². The van der Waals surface area contributed by atoms with Crippen LogP contribution in [0.1, 0.15) is 42.4 Å². The highest BCUT2D eigenvalue weighted by molar-refractivity contribution is 5.80. The normalized spacial score (nSPS) is 16.1. The van der Waals surface area contributed by atoms with Gasteiger partial charge in [0.25, 0.3) is 5.56 Å². The third kappa shape index (κ3) is 2.63. The monoisotopic (exact) mass is 270 g/mol. The molecule has 0 amide bonds. The number of benzene rings is 1. The van der Waals surface area contributed by atoms with E-state index in [1.807, 2.05) is 6.07 Å². The summed E-state index contributed by atoms with van der Waals surface area (Å²) in [4.78, 5) is 15.1. The van der Waals surface area contributed by atoms with Gasteiger partial charge in [-0.15, -0.1) is 0 Å². The van der Waals surface area contributed by atoms with Crippen molar-refractivity contribution in [3.8, 4) is 0 Å². The summed E-state index contributed by atoms with van der Waals surface area (Å²) in [6.45, 7) is 4.85. The smallest absolute Gasteiger partial charge is 0.252 e. The van der Waals surface area contributed by atoms with Gasteiger partial charge in [0.2, 0.25) is 0 Å². The fourth-order valence-corrected chi connectivity index (χ4v) is 3.04. The molecule has 0 aliphatic heterocycles. The number of rotatable bonds is 3. The molecule has 3 heteroatoms. The van der Waals surface area contributed by atoms with Crippen molar-refractivity contribution >= 4 is 10.9 Å². The molecule has 0 spiro atoms. The summed E-state index contributed by atoms with van der Waals surface area (Å²) in [5.41, 5.74) is 4.28. The average molecular weight is 270 g/mol. The molecule has 106 valence electrons. The molecule has 1 fully saturated rings. The Morgan fingerprint density at radius 3 is 2.60 bits per heavy atom. The Hall–Kier alpha value is -1.61. The van der Waals surface area contributed by atoms with Crippen LogP contribution in [-0.2, 0) is 6.54 Å². The molecule has 2 aromatic rings. The molecule has 3 rings (SSSR count). The molecule has 1 aliphatic carbocycles. The van der Waals surface area contributed by atoms with Crippen molar-refractivity contribution in [2.75, 3.05) is 0 Å². The van der Waals surface area contributed by atoms with Crippen molar-refractivity contribution in [2.24, 2.45) is 0 Å². The summed E-state index contributed by atoms with van der Waals surface area (Å²) in [5.74, 6) is 0. The summed E-state index contributed by atoms with van der Waals surface area (Å²) in [5, 5.41) is 4.63. The Balaban J connectivity index is 1.88. The standard InChI is InChI=1S/C17H22N2O/c1-11-7-13-9-14(10-18-15-5-3-4-6-15)17(20)19-16(13)8-12(11)2/h7-9,15,18H,3-6,10H2,1-2H3,(H,19,20). The van der Waals surface area contributed by atoms with Crippen LogP contribution in [0.3, 0.4) is 0 Å². The minimum Gasteiger partial charge on any atom is -0.322 e. The fourth-order valence-electron chi connectivity index (χ4n) is 3.04. The largest absolute Gasteiger partial charge is 0.322 e. The predicted molar refractivity (Wildman–Crippen MR) is 83.1 cm³/mol. The molecule has 0 bridgehead atoms. The van der Waals surface area contributed by atoms with Gasteiger partial charge in [-0.1, -0.05) is 12.8 Å². The lowest BCUT2D eigenvalue weighted by Gasteiger charge is -2.12. The van der Waals surface area contributed by atoms with Crippen molar-refractivity contribution < 1.29 is 0 Å². The first-order chi connectivity index (χ1) is 9.63. The lowest BCUT2D eigenvalue weighted by atomic mass is 10.0. The van der Waals surface area contributed by atoms with Crippen molar-refractivity contribution in [3.05, 3.63) is 45.2 Å². The van der Waals surface area contributed by atoms with E-state index in [4.69, 9.17) is 0 Å². The Morgan fingerprint density at radius 1 is 1.15 bits per heavy atom. The third-order valence-electron chi connectivity index (χ3n) is 4.47. The van der Waals surface area contributed by atoms with E-state index in [1.165, 1.54) is 36.8 Å². The maximum absolute atomic E-state index is 12.1. The summed E-state index contributed by atoms with van der Waals surface area (Å²) in [7, 11) is 0. The van der Waals surface area contributed by atoms with Crippen LogP contribution in [0.5, 0.6) is 0 Å². The topological polar surface area (TPSA) is 44.9 Å². The van der Waals surface area contributed by atoms with Gasteiger partial charge in [0.15, 0.2) is 0 Å². The highest BCUT2D eigenvalue weighted by atomic mass is 16.1. The number of aromatic amines is 1. The number of hydrogen-bond donors (Lipinski definition) is 2. The van der Waals surface area contributed by atoms with Gasteiger partial charge in [0.1, 0.15) is 0 Å². The Bertz CT molecular complexity index is 681. The second-order valence-corrected chi connectivity index (χ2v) is 6.01. The van der Waals surface area contributed by atoms with Gasteiger partial charge in [-0.25, -0.2) is 0 Å².